The second-order valence-corrected chi connectivity index (χ2v) is 7.63. The third kappa shape index (κ3) is 3.86. The smallest absolute Gasteiger partial charge is 0.227 e. The van der Waals surface area contributed by atoms with Gasteiger partial charge in [0.05, 0.1) is 13.0 Å². The molecule has 4 rings (SSSR count). The maximum absolute atomic E-state index is 13.2. The molecule has 4 nitrogen and oxygen atoms in total. The molecule has 2 N–H and O–H groups in total. The van der Waals surface area contributed by atoms with Gasteiger partial charge in [-0.15, -0.1) is 0 Å². The molecule has 0 aromatic heterocycles. The van der Waals surface area contributed by atoms with E-state index in [9.17, 15) is 4.79 Å². The number of fused-ring (bicyclic) bond motifs is 1. The molecule has 142 valence electrons. The molecule has 1 heterocycles. The van der Waals surface area contributed by atoms with Crippen molar-refractivity contribution in [1.29, 1.82) is 0 Å². The summed E-state index contributed by atoms with van der Waals surface area (Å²) in [5.74, 6) is 1.32. The van der Waals surface area contributed by atoms with Crippen molar-refractivity contribution in [3.05, 3.63) is 65.2 Å². The van der Waals surface area contributed by atoms with Gasteiger partial charge in [0, 0.05) is 18.5 Å². The maximum atomic E-state index is 13.2. The van der Waals surface area contributed by atoms with Gasteiger partial charge in [-0.3, -0.25) is 4.79 Å². The summed E-state index contributed by atoms with van der Waals surface area (Å²) in [6, 6.07) is 16.9. The van der Waals surface area contributed by atoms with Crippen LogP contribution in [-0.4, -0.2) is 32.1 Å². The number of carbonyl (C=O) groups excluding carboxylic acids is 1. The Hall–Kier alpha value is -2.33. The number of piperidine rings is 1. The molecule has 1 amide bonds. The average molecular weight is 364 g/mol. The van der Waals surface area contributed by atoms with Crippen molar-refractivity contribution in [3.8, 4) is 5.75 Å². The zero-order valence-electron chi connectivity index (χ0n) is 15.9. The molecule has 1 aliphatic heterocycles. The number of hydrogen-bond donors (Lipinski definition) is 2. The van der Waals surface area contributed by atoms with E-state index < -0.39 is 0 Å². The lowest BCUT2D eigenvalue weighted by atomic mass is 9.81. The minimum Gasteiger partial charge on any atom is -0.497 e. The summed E-state index contributed by atoms with van der Waals surface area (Å²) < 4.78 is 5.35. The third-order valence-corrected chi connectivity index (χ3v) is 6.02. The molecule has 1 aliphatic carbocycles. The highest BCUT2D eigenvalue weighted by atomic mass is 16.5. The van der Waals surface area contributed by atoms with Crippen LogP contribution in [0.5, 0.6) is 5.75 Å². The number of nitrogens with one attached hydrogen (secondary N) is 2. The van der Waals surface area contributed by atoms with Crippen molar-refractivity contribution in [3.63, 3.8) is 0 Å². The van der Waals surface area contributed by atoms with E-state index in [0.29, 0.717) is 5.92 Å². The Morgan fingerprint density at radius 3 is 2.81 bits per heavy atom. The van der Waals surface area contributed by atoms with E-state index in [1.54, 1.807) is 7.11 Å². The Morgan fingerprint density at radius 1 is 1.15 bits per heavy atom. The van der Waals surface area contributed by atoms with Gasteiger partial charge >= 0.3 is 0 Å². The summed E-state index contributed by atoms with van der Waals surface area (Å²) in [6.45, 7) is 1.86. The molecule has 2 aromatic carbocycles. The number of amides is 1. The molecule has 0 saturated carbocycles. The van der Waals surface area contributed by atoms with Crippen molar-refractivity contribution in [2.75, 3.05) is 20.2 Å². The largest absolute Gasteiger partial charge is 0.497 e. The average Bonchev–Trinajstić information content (AvgIpc) is 2.73. The first kappa shape index (κ1) is 18.1. The zero-order chi connectivity index (χ0) is 18.6. The molecule has 3 atom stereocenters. The van der Waals surface area contributed by atoms with E-state index in [4.69, 9.17) is 4.74 Å². The van der Waals surface area contributed by atoms with Crippen LogP contribution in [0.3, 0.4) is 0 Å². The molecule has 0 spiro atoms. The lowest BCUT2D eigenvalue weighted by Crippen LogP contribution is -2.49. The SMILES string of the molecule is COc1ccc2c(c1)CCCC2C(=O)NC1CCNCC1c1ccccc1. The molecule has 2 aliphatic rings. The molecular formula is C23H28N2O2. The monoisotopic (exact) mass is 364 g/mol. The Bertz CT molecular complexity index is 790. The number of ether oxygens (including phenoxy) is 1. The van der Waals surface area contributed by atoms with Crippen LogP contribution >= 0.6 is 0 Å². The van der Waals surface area contributed by atoms with Crippen LogP contribution in [0.25, 0.3) is 0 Å². The van der Waals surface area contributed by atoms with E-state index in [0.717, 1.165) is 44.5 Å². The third-order valence-electron chi connectivity index (χ3n) is 6.02. The molecule has 2 aromatic rings. The molecular weight excluding hydrogens is 336 g/mol. The quantitative estimate of drug-likeness (QED) is 0.874. The second kappa shape index (κ2) is 8.13. The molecule has 27 heavy (non-hydrogen) atoms. The first-order valence-electron chi connectivity index (χ1n) is 9.99. The number of methoxy groups -OCH3 is 1. The number of rotatable bonds is 4. The Labute approximate surface area is 161 Å². The summed E-state index contributed by atoms with van der Waals surface area (Å²) in [7, 11) is 1.69. The number of carbonyl (C=O) groups is 1. The lowest BCUT2D eigenvalue weighted by Gasteiger charge is -2.35. The van der Waals surface area contributed by atoms with E-state index in [2.05, 4.69) is 47.0 Å². The van der Waals surface area contributed by atoms with Gasteiger partial charge in [0.1, 0.15) is 5.75 Å². The predicted molar refractivity (Wildman–Crippen MR) is 107 cm³/mol. The fourth-order valence-corrected chi connectivity index (χ4v) is 4.56. The van der Waals surface area contributed by atoms with Gasteiger partial charge in [0.15, 0.2) is 0 Å². The molecule has 3 unspecified atom stereocenters. The van der Waals surface area contributed by atoms with Crippen LogP contribution in [0.2, 0.25) is 0 Å². The van der Waals surface area contributed by atoms with Crippen LogP contribution in [-0.2, 0) is 11.2 Å². The first-order valence-corrected chi connectivity index (χ1v) is 9.99. The normalized spacial score (nSPS) is 24.7. The topological polar surface area (TPSA) is 50.4 Å². The minimum absolute atomic E-state index is 0.0500. The van der Waals surface area contributed by atoms with Crippen molar-refractivity contribution < 1.29 is 9.53 Å². The van der Waals surface area contributed by atoms with E-state index in [-0.39, 0.29) is 17.9 Å². The van der Waals surface area contributed by atoms with Crippen LogP contribution < -0.4 is 15.4 Å². The fraction of sp³-hybridized carbons (Fsp3) is 0.435. The zero-order valence-corrected chi connectivity index (χ0v) is 15.9. The van der Waals surface area contributed by atoms with Crippen LogP contribution in [0.4, 0.5) is 0 Å². The number of aryl methyl sites for hydroxylation is 1. The number of hydrogen-bond acceptors (Lipinski definition) is 3. The highest BCUT2D eigenvalue weighted by molar-refractivity contribution is 5.84. The molecule has 1 saturated heterocycles. The molecule has 4 heteroatoms. The van der Waals surface area contributed by atoms with Crippen LogP contribution in [0, 0.1) is 0 Å². The Kier molecular flexibility index (Phi) is 5.44. The van der Waals surface area contributed by atoms with Gasteiger partial charge < -0.3 is 15.4 Å². The van der Waals surface area contributed by atoms with E-state index in [1.165, 1.54) is 16.7 Å². The Morgan fingerprint density at radius 2 is 2.00 bits per heavy atom. The highest BCUT2D eigenvalue weighted by Crippen LogP contribution is 2.34. The van der Waals surface area contributed by atoms with Crippen LogP contribution in [0.1, 0.15) is 47.8 Å². The summed E-state index contributed by atoms with van der Waals surface area (Å²) in [4.78, 5) is 13.2. The van der Waals surface area contributed by atoms with Gasteiger partial charge in [-0.1, -0.05) is 36.4 Å². The Balaban J connectivity index is 1.52. The summed E-state index contributed by atoms with van der Waals surface area (Å²) in [6.07, 6.45) is 3.96. The van der Waals surface area contributed by atoms with Gasteiger partial charge in [-0.05, 0) is 61.1 Å². The number of benzene rings is 2. The fourth-order valence-electron chi connectivity index (χ4n) is 4.56. The van der Waals surface area contributed by atoms with E-state index >= 15 is 0 Å². The van der Waals surface area contributed by atoms with Gasteiger partial charge in [0.25, 0.3) is 0 Å². The van der Waals surface area contributed by atoms with Crippen molar-refractivity contribution in [1.82, 2.24) is 10.6 Å². The van der Waals surface area contributed by atoms with Crippen molar-refractivity contribution >= 4 is 5.91 Å². The summed E-state index contributed by atoms with van der Waals surface area (Å²) >= 11 is 0. The van der Waals surface area contributed by atoms with Gasteiger partial charge in [-0.2, -0.15) is 0 Å². The van der Waals surface area contributed by atoms with Gasteiger partial charge in [-0.25, -0.2) is 0 Å². The maximum Gasteiger partial charge on any atom is 0.227 e. The second-order valence-electron chi connectivity index (χ2n) is 7.63. The lowest BCUT2D eigenvalue weighted by molar-refractivity contribution is -0.123. The van der Waals surface area contributed by atoms with Crippen molar-refractivity contribution in [2.24, 2.45) is 0 Å². The predicted octanol–water partition coefficient (Wildman–Crippen LogP) is 3.38. The molecule has 1 fully saturated rings. The summed E-state index contributed by atoms with van der Waals surface area (Å²) in [5, 5.41) is 6.88. The summed E-state index contributed by atoms with van der Waals surface area (Å²) in [5.41, 5.74) is 3.72. The molecule has 0 bridgehead atoms. The van der Waals surface area contributed by atoms with Crippen LogP contribution in [0.15, 0.2) is 48.5 Å². The first-order chi connectivity index (χ1) is 13.3. The standard InChI is InChI=1S/C23H28N2O2/c1-27-18-10-11-19-17(14-18)8-5-9-20(19)23(26)25-22-12-13-24-15-21(22)16-6-3-2-4-7-16/h2-4,6-7,10-11,14,20-22,24H,5,8-9,12-13,15H2,1H3,(H,25,26). The van der Waals surface area contributed by atoms with E-state index in [1.807, 2.05) is 12.1 Å². The van der Waals surface area contributed by atoms with Gasteiger partial charge in [0.2, 0.25) is 5.91 Å². The molecule has 0 radical (unpaired) electrons. The van der Waals surface area contributed by atoms with Crippen molar-refractivity contribution in [2.45, 2.75) is 43.6 Å². The minimum atomic E-state index is -0.0500. The highest BCUT2D eigenvalue weighted by Gasteiger charge is 2.32.